The van der Waals surface area contributed by atoms with Crippen LogP contribution in [0.4, 0.5) is 0 Å². The molecular weight excluding hydrogens is 190 g/mol. The van der Waals surface area contributed by atoms with E-state index in [0.29, 0.717) is 11.9 Å². The maximum Gasteiger partial charge on any atom is 0.138 e. The molecule has 3 nitrogen and oxygen atoms in total. The van der Waals surface area contributed by atoms with Gasteiger partial charge in [0.2, 0.25) is 0 Å². The van der Waals surface area contributed by atoms with Gasteiger partial charge in [0.25, 0.3) is 0 Å². The van der Waals surface area contributed by atoms with Gasteiger partial charge in [-0.1, -0.05) is 0 Å². The highest BCUT2D eigenvalue weighted by molar-refractivity contribution is 5.82. The monoisotopic (exact) mass is 211 g/mol. The van der Waals surface area contributed by atoms with Crippen LogP contribution >= 0.6 is 0 Å². The van der Waals surface area contributed by atoms with E-state index in [9.17, 15) is 4.79 Å². The quantitative estimate of drug-likeness (QED) is 0.769. The highest BCUT2D eigenvalue weighted by Gasteiger charge is 2.23. The van der Waals surface area contributed by atoms with E-state index < -0.39 is 0 Å². The fourth-order valence-electron chi connectivity index (χ4n) is 2.49. The second-order valence-electron chi connectivity index (χ2n) is 4.68. The van der Waals surface area contributed by atoms with Gasteiger partial charge in [-0.25, -0.2) is 0 Å². The summed E-state index contributed by atoms with van der Waals surface area (Å²) in [5, 5.41) is 3.29. The standard InChI is InChI=1S/C12H21NO2/c14-12-6-7-13-9-10(12)4-5-11-3-1-2-8-15-11/h10-11,13H,1-9H2. The molecule has 0 amide bonds. The number of carbonyl (C=O) groups is 1. The lowest BCUT2D eigenvalue weighted by atomic mass is 9.91. The van der Waals surface area contributed by atoms with Gasteiger partial charge in [-0.3, -0.25) is 4.79 Å². The molecule has 2 rings (SSSR count). The van der Waals surface area contributed by atoms with Gasteiger partial charge in [-0.15, -0.1) is 0 Å². The lowest BCUT2D eigenvalue weighted by molar-refractivity contribution is -0.124. The largest absolute Gasteiger partial charge is 0.378 e. The number of hydrogen-bond acceptors (Lipinski definition) is 3. The zero-order valence-electron chi connectivity index (χ0n) is 9.34. The van der Waals surface area contributed by atoms with Crippen molar-refractivity contribution >= 4 is 5.78 Å². The van der Waals surface area contributed by atoms with Crippen molar-refractivity contribution in [3.8, 4) is 0 Å². The van der Waals surface area contributed by atoms with Crippen LogP contribution in [0.3, 0.4) is 0 Å². The van der Waals surface area contributed by atoms with Crippen molar-refractivity contribution in [2.75, 3.05) is 19.7 Å². The van der Waals surface area contributed by atoms with Crippen LogP contribution < -0.4 is 5.32 Å². The second-order valence-corrected chi connectivity index (χ2v) is 4.68. The number of hydrogen-bond donors (Lipinski definition) is 1. The smallest absolute Gasteiger partial charge is 0.138 e. The molecule has 0 aromatic heterocycles. The maximum absolute atomic E-state index is 11.6. The Balaban J connectivity index is 1.69. The van der Waals surface area contributed by atoms with E-state index in [0.717, 1.165) is 39.0 Å². The Morgan fingerprint density at radius 2 is 2.27 bits per heavy atom. The van der Waals surface area contributed by atoms with Crippen LogP contribution in [0, 0.1) is 5.92 Å². The number of carbonyl (C=O) groups excluding carboxylic acids is 1. The van der Waals surface area contributed by atoms with Crippen molar-refractivity contribution in [3.63, 3.8) is 0 Å². The van der Waals surface area contributed by atoms with Gasteiger partial charge in [-0.05, 0) is 32.1 Å². The summed E-state index contributed by atoms with van der Waals surface area (Å²) in [6.07, 6.45) is 6.91. The lowest BCUT2D eigenvalue weighted by Gasteiger charge is -2.26. The molecule has 0 radical (unpaired) electrons. The summed E-state index contributed by atoms with van der Waals surface area (Å²) < 4.78 is 5.67. The Bertz CT molecular complexity index is 212. The van der Waals surface area contributed by atoms with Crippen LogP contribution in [0.2, 0.25) is 0 Å². The Hall–Kier alpha value is -0.410. The van der Waals surface area contributed by atoms with Gasteiger partial charge in [0, 0.05) is 32.0 Å². The van der Waals surface area contributed by atoms with Crippen molar-refractivity contribution < 1.29 is 9.53 Å². The summed E-state index contributed by atoms with van der Waals surface area (Å²) in [5.74, 6) is 0.703. The van der Waals surface area contributed by atoms with E-state index in [1.165, 1.54) is 19.3 Å². The average Bonchev–Trinajstić information content (AvgIpc) is 2.29. The molecule has 3 heteroatoms. The minimum atomic E-state index is 0.254. The summed E-state index contributed by atoms with van der Waals surface area (Å²) >= 11 is 0. The zero-order valence-corrected chi connectivity index (χ0v) is 9.34. The number of rotatable bonds is 3. The van der Waals surface area contributed by atoms with Gasteiger partial charge < -0.3 is 10.1 Å². The van der Waals surface area contributed by atoms with E-state index in [2.05, 4.69) is 5.32 Å². The average molecular weight is 211 g/mol. The van der Waals surface area contributed by atoms with Crippen molar-refractivity contribution in [1.29, 1.82) is 0 Å². The summed E-state index contributed by atoms with van der Waals surface area (Å²) in [7, 11) is 0. The van der Waals surface area contributed by atoms with Gasteiger partial charge in [0.05, 0.1) is 6.10 Å². The summed E-state index contributed by atoms with van der Waals surface area (Å²) in [5.41, 5.74) is 0. The van der Waals surface area contributed by atoms with Crippen molar-refractivity contribution in [2.45, 2.75) is 44.6 Å². The van der Waals surface area contributed by atoms with Crippen LogP contribution in [0.25, 0.3) is 0 Å². The van der Waals surface area contributed by atoms with Crippen LogP contribution in [0.1, 0.15) is 38.5 Å². The van der Waals surface area contributed by atoms with Crippen LogP contribution in [0.15, 0.2) is 0 Å². The molecule has 2 atom stereocenters. The molecule has 0 bridgehead atoms. The molecule has 2 fully saturated rings. The highest BCUT2D eigenvalue weighted by atomic mass is 16.5. The van der Waals surface area contributed by atoms with E-state index in [1.807, 2.05) is 0 Å². The minimum absolute atomic E-state index is 0.254. The topological polar surface area (TPSA) is 38.3 Å². The summed E-state index contributed by atoms with van der Waals surface area (Å²) in [6, 6.07) is 0. The Morgan fingerprint density at radius 3 is 3.00 bits per heavy atom. The Kier molecular flexibility index (Phi) is 4.15. The maximum atomic E-state index is 11.6. The van der Waals surface area contributed by atoms with Crippen molar-refractivity contribution in [3.05, 3.63) is 0 Å². The fraction of sp³-hybridized carbons (Fsp3) is 0.917. The molecule has 2 aliphatic rings. The van der Waals surface area contributed by atoms with E-state index in [-0.39, 0.29) is 5.92 Å². The van der Waals surface area contributed by atoms with Crippen molar-refractivity contribution in [1.82, 2.24) is 5.32 Å². The normalized spacial score (nSPS) is 32.9. The first-order chi connectivity index (χ1) is 7.36. The van der Waals surface area contributed by atoms with Crippen molar-refractivity contribution in [2.24, 2.45) is 5.92 Å². The van der Waals surface area contributed by atoms with Crippen LogP contribution in [-0.2, 0) is 9.53 Å². The van der Waals surface area contributed by atoms with E-state index >= 15 is 0 Å². The number of ketones is 1. The molecule has 15 heavy (non-hydrogen) atoms. The Morgan fingerprint density at radius 1 is 1.33 bits per heavy atom. The Labute approximate surface area is 91.6 Å². The first kappa shape index (κ1) is 11.1. The second kappa shape index (κ2) is 5.61. The fourth-order valence-corrected chi connectivity index (χ4v) is 2.49. The molecule has 0 aliphatic carbocycles. The number of Topliss-reactive ketones (excluding diaryl/α,β-unsaturated/α-hetero) is 1. The third-order valence-electron chi connectivity index (χ3n) is 3.51. The summed E-state index contributed by atoms with van der Waals surface area (Å²) in [6.45, 7) is 2.67. The predicted octanol–water partition coefficient (Wildman–Crippen LogP) is 1.51. The number of piperidine rings is 1. The van der Waals surface area contributed by atoms with E-state index in [4.69, 9.17) is 4.74 Å². The molecule has 2 heterocycles. The highest BCUT2D eigenvalue weighted by Crippen LogP contribution is 2.21. The molecule has 86 valence electrons. The van der Waals surface area contributed by atoms with Gasteiger partial charge in [-0.2, -0.15) is 0 Å². The zero-order chi connectivity index (χ0) is 10.5. The first-order valence-electron chi connectivity index (χ1n) is 6.21. The molecule has 0 aromatic rings. The molecule has 1 N–H and O–H groups in total. The molecule has 2 unspecified atom stereocenters. The van der Waals surface area contributed by atoms with Gasteiger partial charge >= 0.3 is 0 Å². The summed E-state index contributed by atoms with van der Waals surface area (Å²) in [4.78, 5) is 11.6. The molecule has 0 saturated carbocycles. The molecular formula is C12H21NO2. The molecule has 0 spiro atoms. The molecule has 2 aliphatic heterocycles. The van der Waals surface area contributed by atoms with Gasteiger partial charge in [0.1, 0.15) is 5.78 Å². The van der Waals surface area contributed by atoms with E-state index in [1.54, 1.807) is 0 Å². The number of nitrogens with one attached hydrogen (secondary N) is 1. The minimum Gasteiger partial charge on any atom is -0.378 e. The predicted molar refractivity (Wildman–Crippen MR) is 58.8 cm³/mol. The number of ether oxygens (including phenoxy) is 1. The SMILES string of the molecule is O=C1CCNCC1CCC1CCCCO1. The van der Waals surface area contributed by atoms with Crippen LogP contribution in [0.5, 0.6) is 0 Å². The third kappa shape index (κ3) is 3.28. The van der Waals surface area contributed by atoms with Gasteiger partial charge in [0.15, 0.2) is 0 Å². The lowest BCUT2D eigenvalue weighted by Crippen LogP contribution is -2.37. The first-order valence-corrected chi connectivity index (χ1v) is 6.21. The van der Waals surface area contributed by atoms with Crippen LogP contribution in [-0.4, -0.2) is 31.6 Å². The third-order valence-corrected chi connectivity index (χ3v) is 3.51. The molecule has 0 aromatic carbocycles. The molecule has 2 saturated heterocycles.